The number of hydrogen-bond acceptors (Lipinski definition) is 3. The summed E-state index contributed by atoms with van der Waals surface area (Å²) in [5.74, 6) is 1.30. The number of fused-ring (bicyclic) bond motifs is 1. The van der Waals surface area contributed by atoms with Gasteiger partial charge in [-0.25, -0.2) is 4.98 Å². The molecule has 3 rings (SSSR count). The summed E-state index contributed by atoms with van der Waals surface area (Å²) >= 11 is 3.62. The van der Waals surface area contributed by atoms with Gasteiger partial charge in [0.25, 0.3) is 0 Å². The number of ether oxygens (including phenoxy) is 1. The molecule has 0 aliphatic heterocycles. The van der Waals surface area contributed by atoms with Gasteiger partial charge in [0.1, 0.15) is 5.75 Å². The zero-order valence-electron chi connectivity index (χ0n) is 11.6. The van der Waals surface area contributed by atoms with E-state index >= 15 is 0 Å². The Labute approximate surface area is 131 Å². The van der Waals surface area contributed by atoms with Gasteiger partial charge >= 0.3 is 0 Å². The summed E-state index contributed by atoms with van der Waals surface area (Å²) in [5, 5.41) is 2.27. The molecule has 0 amide bonds. The Hall–Kier alpha value is -1.91. The molecule has 3 nitrogen and oxygen atoms in total. The average molecular weight is 343 g/mol. The standard InChI is InChI=1S/C17H15BrN2O/c1-11-6-7-13(10-19)17(20-11)21-15-9-8-12-4-2-3-5-14(12)16(15)18/h2-9H,10,19H2,1H3. The van der Waals surface area contributed by atoms with Gasteiger partial charge in [-0.15, -0.1) is 0 Å². The Morgan fingerprint density at radius 1 is 1.10 bits per heavy atom. The quantitative estimate of drug-likeness (QED) is 0.759. The zero-order chi connectivity index (χ0) is 14.8. The van der Waals surface area contributed by atoms with Gasteiger partial charge in [-0.2, -0.15) is 0 Å². The molecule has 0 aliphatic rings. The summed E-state index contributed by atoms with van der Waals surface area (Å²) < 4.78 is 6.91. The molecular weight excluding hydrogens is 328 g/mol. The van der Waals surface area contributed by atoms with E-state index in [0.29, 0.717) is 12.4 Å². The lowest BCUT2D eigenvalue weighted by molar-refractivity contribution is 0.453. The van der Waals surface area contributed by atoms with E-state index in [0.717, 1.165) is 32.3 Å². The van der Waals surface area contributed by atoms with Crippen molar-refractivity contribution in [2.75, 3.05) is 0 Å². The molecule has 0 radical (unpaired) electrons. The maximum absolute atomic E-state index is 5.98. The molecule has 1 aromatic heterocycles. The molecule has 0 fully saturated rings. The Morgan fingerprint density at radius 2 is 1.90 bits per heavy atom. The second kappa shape index (κ2) is 5.84. The van der Waals surface area contributed by atoms with Crippen LogP contribution in [0, 0.1) is 6.92 Å². The van der Waals surface area contributed by atoms with E-state index in [4.69, 9.17) is 10.5 Å². The number of hydrogen-bond donors (Lipinski definition) is 1. The summed E-state index contributed by atoms with van der Waals surface area (Å²) in [4.78, 5) is 4.44. The minimum Gasteiger partial charge on any atom is -0.437 e. The van der Waals surface area contributed by atoms with Crippen molar-refractivity contribution in [3.05, 3.63) is 64.3 Å². The monoisotopic (exact) mass is 342 g/mol. The van der Waals surface area contributed by atoms with Gasteiger partial charge in [-0.1, -0.05) is 36.4 Å². The van der Waals surface area contributed by atoms with Gasteiger partial charge in [0, 0.05) is 17.8 Å². The second-order valence-corrected chi connectivity index (χ2v) is 5.61. The Morgan fingerprint density at radius 3 is 2.71 bits per heavy atom. The lowest BCUT2D eigenvalue weighted by Crippen LogP contribution is -2.02. The van der Waals surface area contributed by atoms with E-state index in [2.05, 4.69) is 33.0 Å². The topological polar surface area (TPSA) is 48.1 Å². The smallest absolute Gasteiger partial charge is 0.224 e. The summed E-state index contributed by atoms with van der Waals surface area (Å²) in [7, 11) is 0. The molecule has 2 aromatic carbocycles. The molecule has 4 heteroatoms. The molecule has 0 spiro atoms. The van der Waals surface area contributed by atoms with Crippen LogP contribution in [0.2, 0.25) is 0 Å². The molecule has 0 saturated carbocycles. The molecule has 0 aliphatic carbocycles. The van der Waals surface area contributed by atoms with Crippen LogP contribution in [0.25, 0.3) is 10.8 Å². The first-order chi connectivity index (χ1) is 10.2. The second-order valence-electron chi connectivity index (χ2n) is 4.82. The SMILES string of the molecule is Cc1ccc(CN)c(Oc2ccc3ccccc3c2Br)n1. The van der Waals surface area contributed by atoms with E-state index in [9.17, 15) is 0 Å². The average Bonchev–Trinajstić information content (AvgIpc) is 2.51. The van der Waals surface area contributed by atoms with Crippen molar-refractivity contribution in [3.63, 3.8) is 0 Å². The number of nitrogens with two attached hydrogens (primary N) is 1. The first kappa shape index (κ1) is 14.0. The minimum absolute atomic E-state index is 0.397. The molecule has 0 bridgehead atoms. The van der Waals surface area contributed by atoms with Crippen LogP contribution in [0.1, 0.15) is 11.3 Å². The fourth-order valence-electron chi connectivity index (χ4n) is 2.20. The van der Waals surface area contributed by atoms with Crippen molar-refractivity contribution in [3.8, 4) is 11.6 Å². The van der Waals surface area contributed by atoms with Crippen LogP contribution in [0.4, 0.5) is 0 Å². The summed E-state index contributed by atoms with van der Waals surface area (Å²) in [6.45, 7) is 2.33. The lowest BCUT2D eigenvalue weighted by atomic mass is 10.1. The highest BCUT2D eigenvalue weighted by Crippen LogP contribution is 2.36. The number of halogens is 1. The van der Waals surface area contributed by atoms with Gasteiger partial charge in [0.15, 0.2) is 0 Å². The van der Waals surface area contributed by atoms with E-state index in [1.807, 2.05) is 43.3 Å². The first-order valence-corrected chi connectivity index (χ1v) is 7.50. The highest BCUT2D eigenvalue weighted by atomic mass is 79.9. The van der Waals surface area contributed by atoms with Gasteiger partial charge in [-0.05, 0) is 45.8 Å². The van der Waals surface area contributed by atoms with Gasteiger partial charge in [-0.3, -0.25) is 0 Å². The summed E-state index contributed by atoms with van der Waals surface area (Å²) in [6.07, 6.45) is 0. The largest absolute Gasteiger partial charge is 0.437 e. The van der Waals surface area contributed by atoms with Crippen LogP contribution >= 0.6 is 15.9 Å². The van der Waals surface area contributed by atoms with Gasteiger partial charge in [0.05, 0.1) is 4.47 Å². The number of aromatic nitrogens is 1. The predicted molar refractivity (Wildman–Crippen MR) is 88.6 cm³/mol. The van der Waals surface area contributed by atoms with Crippen molar-refractivity contribution in [1.82, 2.24) is 4.98 Å². The Balaban J connectivity index is 2.06. The highest BCUT2D eigenvalue weighted by molar-refractivity contribution is 9.10. The highest BCUT2D eigenvalue weighted by Gasteiger charge is 2.10. The van der Waals surface area contributed by atoms with E-state index in [-0.39, 0.29) is 0 Å². The minimum atomic E-state index is 0.397. The predicted octanol–water partition coefficient (Wildman–Crippen LogP) is 4.56. The van der Waals surface area contributed by atoms with Crippen molar-refractivity contribution < 1.29 is 4.74 Å². The summed E-state index contributed by atoms with van der Waals surface area (Å²) in [6, 6.07) is 16.0. The maximum Gasteiger partial charge on any atom is 0.224 e. The molecule has 0 atom stereocenters. The van der Waals surface area contributed by atoms with Crippen molar-refractivity contribution >= 4 is 26.7 Å². The third-order valence-corrected chi connectivity index (χ3v) is 4.15. The maximum atomic E-state index is 5.98. The summed E-state index contributed by atoms with van der Waals surface area (Å²) in [5.41, 5.74) is 7.54. The van der Waals surface area contributed by atoms with E-state index < -0.39 is 0 Å². The third-order valence-electron chi connectivity index (χ3n) is 3.33. The Kier molecular flexibility index (Phi) is 3.90. The van der Waals surface area contributed by atoms with Crippen LogP contribution in [0.5, 0.6) is 11.6 Å². The van der Waals surface area contributed by atoms with Crippen molar-refractivity contribution in [2.24, 2.45) is 5.73 Å². The Bertz CT molecular complexity index is 802. The fourth-order valence-corrected chi connectivity index (χ4v) is 2.78. The molecule has 2 N–H and O–H groups in total. The van der Waals surface area contributed by atoms with Crippen molar-refractivity contribution in [2.45, 2.75) is 13.5 Å². The number of aryl methyl sites for hydroxylation is 1. The van der Waals surface area contributed by atoms with Gasteiger partial charge < -0.3 is 10.5 Å². The first-order valence-electron chi connectivity index (χ1n) is 6.70. The van der Waals surface area contributed by atoms with Crippen LogP contribution in [-0.2, 0) is 6.54 Å². The van der Waals surface area contributed by atoms with Crippen LogP contribution < -0.4 is 10.5 Å². The number of rotatable bonds is 3. The molecule has 21 heavy (non-hydrogen) atoms. The fraction of sp³-hybridized carbons (Fsp3) is 0.118. The normalized spacial score (nSPS) is 10.8. The molecule has 106 valence electrons. The molecule has 0 saturated heterocycles. The van der Waals surface area contributed by atoms with Crippen LogP contribution in [0.3, 0.4) is 0 Å². The van der Waals surface area contributed by atoms with Gasteiger partial charge in [0.2, 0.25) is 5.88 Å². The van der Waals surface area contributed by atoms with E-state index in [1.54, 1.807) is 0 Å². The molecular formula is C17H15BrN2O. The number of benzene rings is 2. The molecule has 3 aromatic rings. The molecule has 0 unspecified atom stereocenters. The number of nitrogens with zero attached hydrogens (tertiary/aromatic N) is 1. The lowest BCUT2D eigenvalue weighted by Gasteiger charge is -2.12. The van der Waals surface area contributed by atoms with Crippen LogP contribution in [-0.4, -0.2) is 4.98 Å². The number of pyridine rings is 1. The third kappa shape index (κ3) is 2.77. The van der Waals surface area contributed by atoms with Crippen molar-refractivity contribution in [1.29, 1.82) is 0 Å². The zero-order valence-corrected chi connectivity index (χ0v) is 13.2. The van der Waals surface area contributed by atoms with Crippen LogP contribution in [0.15, 0.2) is 53.0 Å². The molecule has 1 heterocycles. The van der Waals surface area contributed by atoms with E-state index in [1.165, 1.54) is 0 Å².